The maximum atomic E-state index is 10.8. The maximum absolute atomic E-state index is 10.8. The third-order valence-corrected chi connectivity index (χ3v) is 2.54. The van der Waals surface area contributed by atoms with Gasteiger partial charge in [0, 0.05) is 6.20 Å². The molecule has 2 heterocycles. The van der Waals surface area contributed by atoms with Crippen molar-refractivity contribution in [2.45, 2.75) is 0 Å². The van der Waals surface area contributed by atoms with Gasteiger partial charge in [-0.05, 0) is 22.0 Å². The first-order valence-electron chi connectivity index (χ1n) is 3.98. The Labute approximate surface area is 92.5 Å². The van der Waals surface area contributed by atoms with Crippen LogP contribution in [0.4, 0.5) is 0 Å². The van der Waals surface area contributed by atoms with Crippen LogP contribution in [0.15, 0.2) is 22.9 Å². The van der Waals surface area contributed by atoms with Crippen molar-refractivity contribution < 1.29 is 14.7 Å². The van der Waals surface area contributed by atoms with Crippen LogP contribution >= 0.6 is 15.9 Å². The van der Waals surface area contributed by atoms with Gasteiger partial charge >= 0.3 is 5.97 Å². The molecule has 0 aromatic carbocycles. The average Bonchev–Trinajstić information content (AvgIpc) is 2.60. The summed E-state index contributed by atoms with van der Waals surface area (Å²) in [7, 11) is 0. The van der Waals surface area contributed by atoms with Crippen LogP contribution in [0.1, 0.15) is 20.8 Å². The molecule has 0 saturated carbocycles. The van der Waals surface area contributed by atoms with Crippen LogP contribution in [-0.2, 0) is 0 Å². The first-order valence-corrected chi connectivity index (χ1v) is 4.78. The van der Waals surface area contributed by atoms with Gasteiger partial charge in [-0.2, -0.15) is 0 Å². The van der Waals surface area contributed by atoms with Gasteiger partial charge in [-0.1, -0.05) is 0 Å². The van der Waals surface area contributed by atoms with E-state index in [9.17, 15) is 9.59 Å². The summed E-state index contributed by atoms with van der Waals surface area (Å²) < 4.78 is 1.97. The number of carbonyl (C=O) groups is 2. The number of aromatic carboxylic acids is 1. The Bertz CT molecular complexity index is 562. The van der Waals surface area contributed by atoms with Gasteiger partial charge in [0.15, 0.2) is 11.9 Å². The van der Waals surface area contributed by atoms with Crippen LogP contribution < -0.4 is 0 Å². The molecule has 5 nitrogen and oxygen atoms in total. The Morgan fingerprint density at radius 1 is 1.60 bits per heavy atom. The Morgan fingerprint density at radius 3 is 2.93 bits per heavy atom. The SMILES string of the molecule is O=Cc1cnc2c(Br)cc(C(=O)O)cn12. The van der Waals surface area contributed by atoms with Crippen LogP contribution in [0.2, 0.25) is 0 Å². The summed E-state index contributed by atoms with van der Waals surface area (Å²) in [6.07, 6.45) is 3.37. The highest BCUT2D eigenvalue weighted by atomic mass is 79.9. The fourth-order valence-corrected chi connectivity index (χ4v) is 1.81. The molecule has 0 bridgehead atoms. The molecule has 0 saturated heterocycles. The number of nitrogens with zero attached hydrogens (tertiary/aromatic N) is 2. The molecule has 0 fully saturated rings. The van der Waals surface area contributed by atoms with Crippen molar-refractivity contribution in [1.82, 2.24) is 9.38 Å². The number of carboxylic acid groups (broad SMARTS) is 1. The zero-order chi connectivity index (χ0) is 11.0. The van der Waals surface area contributed by atoms with Crippen molar-refractivity contribution in [1.29, 1.82) is 0 Å². The van der Waals surface area contributed by atoms with Crippen molar-refractivity contribution in [2.24, 2.45) is 0 Å². The topological polar surface area (TPSA) is 71.7 Å². The molecular weight excluding hydrogens is 264 g/mol. The van der Waals surface area contributed by atoms with Crippen LogP contribution in [0.3, 0.4) is 0 Å². The first-order chi connectivity index (χ1) is 7.13. The van der Waals surface area contributed by atoms with Gasteiger partial charge < -0.3 is 5.11 Å². The number of aromatic nitrogens is 2. The summed E-state index contributed by atoms with van der Waals surface area (Å²) >= 11 is 3.20. The van der Waals surface area contributed by atoms with E-state index >= 15 is 0 Å². The molecule has 1 N–H and O–H groups in total. The minimum atomic E-state index is -1.05. The van der Waals surface area contributed by atoms with Crippen LogP contribution in [-0.4, -0.2) is 26.7 Å². The van der Waals surface area contributed by atoms with E-state index in [2.05, 4.69) is 20.9 Å². The van der Waals surface area contributed by atoms with Crippen LogP contribution in [0, 0.1) is 0 Å². The number of carboxylic acids is 1. The number of imidazole rings is 1. The predicted molar refractivity (Wildman–Crippen MR) is 55.2 cm³/mol. The maximum Gasteiger partial charge on any atom is 0.337 e. The number of hydrogen-bond acceptors (Lipinski definition) is 3. The van der Waals surface area contributed by atoms with Crippen molar-refractivity contribution in [3.8, 4) is 0 Å². The van der Waals surface area contributed by atoms with Crippen LogP contribution in [0.25, 0.3) is 5.65 Å². The van der Waals surface area contributed by atoms with Crippen LogP contribution in [0.5, 0.6) is 0 Å². The van der Waals surface area contributed by atoms with Gasteiger partial charge in [-0.15, -0.1) is 0 Å². The standard InChI is InChI=1S/C9H5BrN2O3/c10-7-1-5(9(14)15)3-12-6(4-13)2-11-8(7)12/h1-4H,(H,14,15). The average molecular weight is 269 g/mol. The third kappa shape index (κ3) is 1.52. The smallest absolute Gasteiger partial charge is 0.337 e. The fraction of sp³-hybridized carbons (Fsp3) is 0. The van der Waals surface area contributed by atoms with Gasteiger partial charge in [0.1, 0.15) is 5.69 Å². The quantitative estimate of drug-likeness (QED) is 0.840. The lowest BCUT2D eigenvalue weighted by Gasteiger charge is -2.00. The van der Waals surface area contributed by atoms with E-state index in [4.69, 9.17) is 5.11 Å². The highest BCUT2D eigenvalue weighted by Crippen LogP contribution is 2.19. The van der Waals surface area contributed by atoms with Crippen molar-refractivity contribution in [2.75, 3.05) is 0 Å². The number of rotatable bonds is 2. The van der Waals surface area contributed by atoms with Gasteiger partial charge in [0.2, 0.25) is 0 Å². The highest BCUT2D eigenvalue weighted by Gasteiger charge is 2.11. The number of fused-ring (bicyclic) bond motifs is 1. The molecule has 2 aromatic rings. The Kier molecular flexibility index (Phi) is 2.28. The minimum absolute atomic E-state index is 0.0930. The molecule has 0 atom stereocenters. The summed E-state index contributed by atoms with van der Waals surface area (Å²) in [5.74, 6) is -1.05. The Morgan fingerprint density at radius 2 is 2.33 bits per heavy atom. The number of halogens is 1. The number of aldehydes is 1. The molecule has 76 valence electrons. The minimum Gasteiger partial charge on any atom is -0.478 e. The van der Waals surface area contributed by atoms with Gasteiger partial charge in [-0.3, -0.25) is 9.20 Å². The molecular formula is C9H5BrN2O3. The first kappa shape index (κ1) is 9.85. The highest BCUT2D eigenvalue weighted by molar-refractivity contribution is 9.10. The summed E-state index contributed by atoms with van der Waals surface area (Å²) in [5.41, 5.74) is 0.923. The number of pyridine rings is 1. The third-order valence-electron chi connectivity index (χ3n) is 1.96. The second-order valence-corrected chi connectivity index (χ2v) is 3.73. The van der Waals surface area contributed by atoms with E-state index in [0.29, 0.717) is 22.1 Å². The zero-order valence-electron chi connectivity index (χ0n) is 7.35. The lowest BCUT2D eigenvalue weighted by atomic mass is 10.3. The molecule has 0 aliphatic rings. The molecule has 0 radical (unpaired) electrons. The summed E-state index contributed by atoms with van der Waals surface area (Å²) in [4.78, 5) is 25.4. The van der Waals surface area contributed by atoms with Crippen molar-refractivity contribution in [3.05, 3.63) is 34.2 Å². The molecule has 6 heteroatoms. The summed E-state index contributed by atoms with van der Waals surface area (Å²) in [5, 5.41) is 8.83. The predicted octanol–water partition coefficient (Wildman–Crippen LogP) is 1.61. The Balaban J connectivity index is 2.82. The second-order valence-electron chi connectivity index (χ2n) is 2.88. The molecule has 0 spiro atoms. The van der Waals surface area contributed by atoms with Crippen molar-refractivity contribution >= 4 is 33.8 Å². The monoisotopic (exact) mass is 268 g/mol. The zero-order valence-corrected chi connectivity index (χ0v) is 8.93. The van der Waals surface area contributed by atoms with Crippen molar-refractivity contribution in [3.63, 3.8) is 0 Å². The van der Waals surface area contributed by atoms with E-state index in [1.54, 1.807) is 0 Å². The van der Waals surface area contributed by atoms with Gasteiger partial charge in [0.25, 0.3) is 0 Å². The molecule has 0 amide bonds. The number of hydrogen-bond donors (Lipinski definition) is 1. The van der Waals surface area contributed by atoms with Gasteiger partial charge in [0.05, 0.1) is 16.2 Å². The summed E-state index contributed by atoms with van der Waals surface area (Å²) in [6.45, 7) is 0. The molecule has 0 aliphatic carbocycles. The van der Waals surface area contributed by atoms with E-state index in [-0.39, 0.29) is 5.56 Å². The lowest BCUT2D eigenvalue weighted by molar-refractivity contribution is 0.0696. The van der Waals surface area contributed by atoms with E-state index in [1.165, 1.54) is 22.9 Å². The molecule has 2 rings (SSSR count). The molecule has 0 unspecified atom stereocenters. The van der Waals surface area contributed by atoms with E-state index < -0.39 is 5.97 Å². The lowest BCUT2D eigenvalue weighted by Crippen LogP contribution is -2.01. The van der Waals surface area contributed by atoms with Gasteiger partial charge in [-0.25, -0.2) is 9.78 Å². The summed E-state index contributed by atoms with van der Waals surface area (Å²) in [6, 6.07) is 1.44. The normalized spacial score (nSPS) is 10.5. The fourth-order valence-electron chi connectivity index (χ4n) is 1.27. The number of carbonyl (C=O) groups excluding carboxylic acids is 1. The molecule has 0 aliphatic heterocycles. The Hall–Kier alpha value is -1.69. The second kappa shape index (κ2) is 3.47. The van der Waals surface area contributed by atoms with E-state index in [1.807, 2.05) is 0 Å². The van der Waals surface area contributed by atoms with E-state index in [0.717, 1.165) is 0 Å². The molecule has 2 aromatic heterocycles. The largest absolute Gasteiger partial charge is 0.478 e. The molecule has 15 heavy (non-hydrogen) atoms.